The first-order valence-electron chi connectivity index (χ1n) is 9.00. The Kier molecular flexibility index (Phi) is 4.32. The lowest BCUT2D eigenvalue weighted by Crippen LogP contribution is -2.39. The molecule has 1 aliphatic heterocycles. The molecular weight excluding hydrogens is 326 g/mol. The van der Waals surface area contributed by atoms with Crippen molar-refractivity contribution >= 4 is 5.91 Å². The van der Waals surface area contributed by atoms with E-state index in [9.17, 15) is 4.79 Å². The van der Waals surface area contributed by atoms with Gasteiger partial charge in [-0.25, -0.2) is 0 Å². The summed E-state index contributed by atoms with van der Waals surface area (Å²) in [6, 6.07) is 8.49. The van der Waals surface area contributed by atoms with Crippen LogP contribution in [0.3, 0.4) is 0 Å². The van der Waals surface area contributed by atoms with Crippen LogP contribution < -0.4 is 0 Å². The molecule has 6 heteroatoms. The number of rotatable bonds is 3. The van der Waals surface area contributed by atoms with Gasteiger partial charge in [-0.05, 0) is 25.3 Å². The standard InChI is InChI=1S/C20H23N5O/c1-14-5-7-15(8-6-14)18-11-21-23-19(18)16-4-3-9-25(13-16)20(26)17-10-22-24(2)12-17/h5-8,10-12,16H,3-4,9,13H2,1-2H3,(H,21,23)/t16-/m0/s1. The van der Waals surface area contributed by atoms with Gasteiger partial charge in [-0.1, -0.05) is 29.8 Å². The number of hydrogen-bond donors (Lipinski definition) is 1. The highest BCUT2D eigenvalue weighted by Gasteiger charge is 2.28. The summed E-state index contributed by atoms with van der Waals surface area (Å²) in [5, 5.41) is 11.6. The van der Waals surface area contributed by atoms with Crippen molar-refractivity contribution in [2.75, 3.05) is 13.1 Å². The third kappa shape index (κ3) is 3.14. The van der Waals surface area contributed by atoms with Crippen LogP contribution >= 0.6 is 0 Å². The third-order valence-corrected chi connectivity index (χ3v) is 5.10. The predicted molar refractivity (Wildman–Crippen MR) is 99.8 cm³/mol. The van der Waals surface area contributed by atoms with E-state index >= 15 is 0 Å². The molecule has 0 unspecified atom stereocenters. The van der Waals surface area contributed by atoms with Gasteiger partial charge < -0.3 is 4.90 Å². The molecule has 1 fully saturated rings. The number of hydrogen-bond acceptors (Lipinski definition) is 3. The van der Waals surface area contributed by atoms with E-state index in [-0.39, 0.29) is 11.8 Å². The monoisotopic (exact) mass is 349 g/mol. The van der Waals surface area contributed by atoms with Crippen LogP contribution in [0.4, 0.5) is 0 Å². The van der Waals surface area contributed by atoms with E-state index in [1.54, 1.807) is 17.1 Å². The fourth-order valence-electron chi connectivity index (χ4n) is 3.68. The molecule has 0 radical (unpaired) electrons. The number of carbonyl (C=O) groups is 1. The maximum absolute atomic E-state index is 12.8. The second-order valence-electron chi connectivity index (χ2n) is 7.06. The van der Waals surface area contributed by atoms with Gasteiger partial charge in [0.15, 0.2) is 0 Å². The lowest BCUT2D eigenvalue weighted by atomic mass is 9.90. The van der Waals surface area contributed by atoms with E-state index < -0.39 is 0 Å². The van der Waals surface area contributed by atoms with Crippen molar-refractivity contribution in [3.05, 3.63) is 59.7 Å². The molecule has 6 nitrogen and oxygen atoms in total. The molecule has 4 rings (SSSR count). The number of nitrogens with one attached hydrogen (secondary N) is 1. The van der Waals surface area contributed by atoms with Crippen molar-refractivity contribution < 1.29 is 4.79 Å². The average molecular weight is 349 g/mol. The van der Waals surface area contributed by atoms with Crippen molar-refractivity contribution in [3.63, 3.8) is 0 Å². The lowest BCUT2D eigenvalue weighted by molar-refractivity contribution is 0.0706. The fourth-order valence-corrected chi connectivity index (χ4v) is 3.68. The number of aromatic amines is 1. The first-order valence-corrected chi connectivity index (χ1v) is 9.00. The highest BCUT2D eigenvalue weighted by atomic mass is 16.2. The number of benzene rings is 1. The number of aromatic nitrogens is 4. The summed E-state index contributed by atoms with van der Waals surface area (Å²) in [6.07, 6.45) is 7.35. The summed E-state index contributed by atoms with van der Waals surface area (Å²) < 4.78 is 1.67. The molecule has 3 heterocycles. The van der Waals surface area contributed by atoms with E-state index in [0.717, 1.165) is 36.2 Å². The van der Waals surface area contributed by atoms with Crippen molar-refractivity contribution in [1.82, 2.24) is 24.9 Å². The largest absolute Gasteiger partial charge is 0.338 e. The van der Waals surface area contributed by atoms with Crippen LogP contribution in [0.5, 0.6) is 0 Å². The molecule has 0 bridgehead atoms. The van der Waals surface area contributed by atoms with Gasteiger partial charge in [-0.15, -0.1) is 0 Å². The van der Waals surface area contributed by atoms with Crippen LogP contribution in [-0.4, -0.2) is 43.9 Å². The highest BCUT2D eigenvalue weighted by molar-refractivity contribution is 5.93. The van der Waals surface area contributed by atoms with E-state index in [4.69, 9.17) is 0 Å². The molecular formula is C20H23N5O. The topological polar surface area (TPSA) is 66.8 Å². The minimum Gasteiger partial charge on any atom is -0.338 e. The average Bonchev–Trinajstić information content (AvgIpc) is 3.31. The summed E-state index contributed by atoms with van der Waals surface area (Å²) in [6.45, 7) is 3.58. The normalized spacial score (nSPS) is 17.5. The van der Waals surface area contributed by atoms with Crippen LogP contribution in [-0.2, 0) is 7.05 Å². The second-order valence-corrected chi connectivity index (χ2v) is 7.06. The Hall–Kier alpha value is -2.89. The number of amides is 1. The first kappa shape index (κ1) is 16.6. The molecule has 3 aromatic rings. The zero-order chi connectivity index (χ0) is 18.1. The Balaban J connectivity index is 1.56. The van der Waals surface area contributed by atoms with Gasteiger partial charge in [0.2, 0.25) is 0 Å². The van der Waals surface area contributed by atoms with Crippen LogP contribution in [0, 0.1) is 6.92 Å². The highest BCUT2D eigenvalue weighted by Crippen LogP contribution is 2.33. The first-order chi connectivity index (χ1) is 12.6. The zero-order valence-corrected chi connectivity index (χ0v) is 15.1. The van der Waals surface area contributed by atoms with E-state index in [1.165, 1.54) is 5.56 Å². The van der Waals surface area contributed by atoms with Gasteiger partial charge in [0.25, 0.3) is 5.91 Å². The molecule has 0 spiro atoms. The van der Waals surface area contributed by atoms with Gasteiger partial charge in [0.05, 0.1) is 18.0 Å². The summed E-state index contributed by atoms with van der Waals surface area (Å²) in [5.41, 5.74) is 5.31. The predicted octanol–water partition coefficient (Wildman–Crippen LogP) is 3.14. The summed E-state index contributed by atoms with van der Waals surface area (Å²) in [5.74, 6) is 0.322. The van der Waals surface area contributed by atoms with E-state index in [1.807, 2.05) is 18.1 Å². The number of piperidine rings is 1. The molecule has 0 saturated carbocycles. The molecule has 26 heavy (non-hydrogen) atoms. The minimum atomic E-state index is 0.0548. The van der Waals surface area contributed by atoms with Gasteiger partial charge in [0.1, 0.15) is 0 Å². The Bertz CT molecular complexity index is 908. The number of carbonyl (C=O) groups excluding carboxylic acids is 1. The van der Waals surface area contributed by atoms with Crippen LogP contribution in [0.15, 0.2) is 42.9 Å². The van der Waals surface area contributed by atoms with Gasteiger partial charge in [-0.3, -0.25) is 14.6 Å². The van der Waals surface area contributed by atoms with Crippen LogP contribution in [0.25, 0.3) is 11.1 Å². The number of likely N-dealkylation sites (tertiary alicyclic amines) is 1. The molecule has 1 aliphatic rings. The number of nitrogens with zero attached hydrogens (tertiary/aromatic N) is 4. The van der Waals surface area contributed by atoms with Gasteiger partial charge in [-0.2, -0.15) is 10.2 Å². The van der Waals surface area contributed by atoms with Gasteiger partial charge in [0, 0.05) is 43.5 Å². The summed E-state index contributed by atoms with van der Waals surface area (Å²) in [7, 11) is 1.83. The van der Waals surface area contributed by atoms with E-state index in [0.29, 0.717) is 12.1 Å². The lowest BCUT2D eigenvalue weighted by Gasteiger charge is -2.32. The fraction of sp³-hybridized carbons (Fsp3) is 0.350. The van der Waals surface area contributed by atoms with E-state index in [2.05, 4.69) is 46.5 Å². The molecule has 2 aromatic heterocycles. The maximum atomic E-state index is 12.8. The molecule has 1 atom stereocenters. The van der Waals surface area contributed by atoms with Crippen molar-refractivity contribution in [2.24, 2.45) is 7.05 Å². The Morgan fingerprint density at radius 3 is 2.77 bits per heavy atom. The maximum Gasteiger partial charge on any atom is 0.257 e. The zero-order valence-electron chi connectivity index (χ0n) is 15.1. The summed E-state index contributed by atoms with van der Waals surface area (Å²) in [4.78, 5) is 14.7. The number of aryl methyl sites for hydroxylation is 2. The Morgan fingerprint density at radius 2 is 2.04 bits per heavy atom. The Labute approximate surface area is 152 Å². The van der Waals surface area contributed by atoms with Crippen LogP contribution in [0.2, 0.25) is 0 Å². The third-order valence-electron chi connectivity index (χ3n) is 5.10. The minimum absolute atomic E-state index is 0.0548. The Morgan fingerprint density at radius 1 is 1.23 bits per heavy atom. The van der Waals surface area contributed by atoms with Gasteiger partial charge >= 0.3 is 0 Å². The molecule has 134 valence electrons. The summed E-state index contributed by atoms with van der Waals surface area (Å²) >= 11 is 0. The second kappa shape index (κ2) is 6.78. The molecule has 0 aliphatic carbocycles. The smallest absolute Gasteiger partial charge is 0.257 e. The molecule has 1 saturated heterocycles. The quantitative estimate of drug-likeness (QED) is 0.790. The molecule has 1 N–H and O–H groups in total. The molecule has 1 amide bonds. The SMILES string of the molecule is Cc1ccc(-c2cn[nH]c2[C@H]2CCCN(C(=O)c3cnn(C)c3)C2)cc1. The molecule has 1 aromatic carbocycles. The van der Waals surface area contributed by atoms with Crippen molar-refractivity contribution in [3.8, 4) is 11.1 Å². The number of H-pyrrole nitrogens is 1. The van der Waals surface area contributed by atoms with Crippen LogP contribution in [0.1, 0.15) is 40.4 Å². The van der Waals surface area contributed by atoms with Crippen molar-refractivity contribution in [1.29, 1.82) is 0 Å². The van der Waals surface area contributed by atoms with Crippen molar-refractivity contribution in [2.45, 2.75) is 25.7 Å².